The lowest BCUT2D eigenvalue weighted by atomic mass is 10.0. The number of ketones is 2. The van der Waals surface area contributed by atoms with Crippen LogP contribution in [0.5, 0.6) is 0 Å². The van der Waals surface area contributed by atoms with Crippen LogP contribution in [0.2, 0.25) is 0 Å². The highest BCUT2D eigenvalue weighted by Gasteiger charge is 2.43. The molecular formula is C15H20Cl2N3O6P. The Morgan fingerprint density at radius 1 is 1.04 bits per heavy atom. The number of halogens is 2. The maximum absolute atomic E-state index is 12.4. The van der Waals surface area contributed by atoms with Crippen molar-refractivity contribution in [2.45, 2.75) is 17.9 Å². The monoisotopic (exact) mass is 439 g/mol. The van der Waals surface area contributed by atoms with Gasteiger partial charge < -0.3 is 24.5 Å². The second-order valence-electron chi connectivity index (χ2n) is 6.45. The molecule has 12 heteroatoms. The molecule has 0 atom stereocenters. The normalized spacial score (nSPS) is 21.8. The molecule has 0 saturated carbocycles. The summed E-state index contributed by atoms with van der Waals surface area (Å²) < 4.78 is 12.3. The van der Waals surface area contributed by atoms with Crippen molar-refractivity contribution in [2.75, 3.05) is 39.3 Å². The first kappa shape index (κ1) is 20.6. The van der Waals surface area contributed by atoms with Crippen molar-refractivity contribution >= 4 is 42.6 Å². The Labute approximate surface area is 166 Å². The third-order valence-corrected chi connectivity index (χ3v) is 5.61. The second-order valence-corrected chi connectivity index (χ2v) is 9.03. The van der Waals surface area contributed by atoms with Crippen LogP contribution in [-0.2, 0) is 18.7 Å². The van der Waals surface area contributed by atoms with Gasteiger partial charge in [0, 0.05) is 51.8 Å². The molecule has 3 saturated heterocycles. The van der Waals surface area contributed by atoms with Crippen LogP contribution in [0.3, 0.4) is 0 Å². The van der Waals surface area contributed by atoms with E-state index in [0.717, 1.165) is 39.3 Å². The van der Waals surface area contributed by atoms with Gasteiger partial charge in [-0.2, -0.15) is 0 Å². The zero-order valence-electron chi connectivity index (χ0n) is 14.6. The third kappa shape index (κ3) is 5.47. The first-order chi connectivity index (χ1) is 12.5. The van der Waals surface area contributed by atoms with Crippen LogP contribution in [0.15, 0.2) is 23.2 Å². The minimum Gasteiger partial charge on any atom is -0.365 e. The average molecular weight is 440 g/mol. The van der Waals surface area contributed by atoms with Crippen molar-refractivity contribution in [3.63, 3.8) is 0 Å². The Hall–Kier alpha value is -1.09. The maximum Gasteiger partial charge on any atom is 0.472 e. The molecule has 3 heterocycles. The van der Waals surface area contributed by atoms with Gasteiger partial charge in [-0.05, 0) is 0 Å². The second kappa shape index (κ2) is 7.39. The molecule has 3 fully saturated rings. The van der Waals surface area contributed by atoms with Crippen molar-refractivity contribution in [1.82, 2.24) is 14.7 Å². The van der Waals surface area contributed by atoms with Gasteiger partial charge in [0.15, 0.2) is 0 Å². The summed E-state index contributed by atoms with van der Waals surface area (Å²) in [6, 6.07) is 0. The summed E-state index contributed by atoms with van der Waals surface area (Å²) in [4.78, 5) is 46.9. The van der Waals surface area contributed by atoms with Crippen molar-refractivity contribution in [3.05, 3.63) is 23.2 Å². The fourth-order valence-electron chi connectivity index (χ4n) is 2.51. The molecule has 150 valence electrons. The van der Waals surface area contributed by atoms with E-state index in [0.29, 0.717) is 17.1 Å². The third-order valence-electron chi connectivity index (χ3n) is 4.15. The van der Waals surface area contributed by atoms with E-state index in [1.807, 2.05) is 14.7 Å². The minimum absolute atomic E-state index is 0.00546. The number of hydrogen-bond donors (Lipinski definition) is 2. The number of phosphoric ester groups is 1. The molecule has 0 radical (unpaired) electrons. The van der Waals surface area contributed by atoms with Gasteiger partial charge in [-0.25, -0.2) is 9.09 Å². The number of hydrogen-bond acceptors (Lipinski definition) is 7. The van der Waals surface area contributed by atoms with Crippen molar-refractivity contribution < 1.29 is 28.5 Å². The summed E-state index contributed by atoms with van der Waals surface area (Å²) >= 11 is 10.5. The molecule has 0 aromatic carbocycles. The lowest BCUT2D eigenvalue weighted by Crippen LogP contribution is -2.29. The molecule has 27 heavy (non-hydrogen) atoms. The number of alkyl halides is 2. The Kier molecular flexibility index (Phi) is 5.65. The van der Waals surface area contributed by atoms with E-state index in [9.17, 15) is 14.2 Å². The van der Waals surface area contributed by atoms with Gasteiger partial charge in [-0.1, -0.05) is 30.1 Å². The molecule has 1 aliphatic carbocycles. The fourth-order valence-corrected chi connectivity index (χ4v) is 3.53. The summed E-state index contributed by atoms with van der Waals surface area (Å²) in [6.45, 7) is 6.94. The molecule has 0 bridgehead atoms. The lowest BCUT2D eigenvalue weighted by Gasteiger charge is -2.21. The van der Waals surface area contributed by atoms with Crippen LogP contribution in [0.4, 0.5) is 0 Å². The highest BCUT2D eigenvalue weighted by molar-refractivity contribution is 7.46. The molecule has 0 amide bonds. The van der Waals surface area contributed by atoms with Gasteiger partial charge in [0.1, 0.15) is 11.4 Å². The van der Waals surface area contributed by atoms with Crippen LogP contribution in [0.25, 0.3) is 0 Å². The molecule has 0 spiro atoms. The van der Waals surface area contributed by atoms with E-state index >= 15 is 0 Å². The van der Waals surface area contributed by atoms with E-state index in [-0.39, 0.29) is 18.0 Å². The molecule has 0 aromatic heterocycles. The summed E-state index contributed by atoms with van der Waals surface area (Å²) in [5.74, 6) is 0.0485. The Morgan fingerprint density at radius 2 is 1.52 bits per heavy atom. The highest BCUT2D eigenvalue weighted by atomic mass is 35.5. The van der Waals surface area contributed by atoms with E-state index in [1.54, 1.807) is 0 Å². The van der Waals surface area contributed by atoms with Crippen molar-refractivity contribution in [1.29, 1.82) is 0 Å². The largest absolute Gasteiger partial charge is 0.472 e. The first-order valence-corrected chi connectivity index (χ1v) is 10.7. The van der Waals surface area contributed by atoms with Crippen LogP contribution in [0.1, 0.15) is 13.3 Å². The molecule has 2 N–H and O–H groups in total. The summed E-state index contributed by atoms with van der Waals surface area (Å²) in [6.07, 6.45) is 1.62. The molecule has 4 aliphatic rings. The van der Waals surface area contributed by atoms with Crippen LogP contribution in [-0.4, -0.2) is 79.8 Å². The number of nitrogens with zero attached hydrogens (tertiary/aromatic N) is 3. The smallest absolute Gasteiger partial charge is 0.365 e. The Bertz CT molecular complexity index is 766. The zero-order chi connectivity index (χ0) is 20.0. The van der Waals surface area contributed by atoms with Gasteiger partial charge in [0.25, 0.3) is 0 Å². The number of carbonyl (C=O) groups is 2. The summed E-state index contributed by atoms with van der Waals surface area (Å²) in [7, 11) is -4.57. The van der Waals surface area contributed by atoms with Crippen molar-refractivity contribution in [2.24, 2.45) is 0 Å². The van der Waals surface area contributed by atoms with Crippen LogP contribution >= 0.6 is 31.0 Å². The van der Waals surface area contributed by atoms with E-state index in [4.69, 9.17) is 33.0 Å². The van der Waals surface area contributed by atoms with Gasteiger partial charge in [0.05, 0.1) is 5.70 Å². The van der Waals surface area contributed by atoms with Gasteiger partial charge >= 0.3 is 7.82 Å². The first-order valence-electron chi connectivity index (χ1n) is 8.46. The van der Waals surface area contributed by atoms with E-state index in [2.05, 4.69) is 4.52 Å². The summed E-state index contributed by atoms with van der Waals surface area (Å²) in [5, 5.41) is 0. The molecule has 9 nitrogen and oxygen atoms in total. The van der Waals surface area contributed by atoms with Crippen LogP contribution < -0.4 is 0 Å². The topological polar surface area (TPSA) is 110 Å². The number of phosphoric acid groups is 1. The lowest BCUT2D eigenvalue weighted by molar-refractivity contribution is -0.117. The number of carbonyl (C=O) groups excluding carboxylic acids is 2. The van der Waals surface area contributed by atoms with Gasteiger partial charge in [-0.15, -0.1) is 0 Å². The number of allylic oxidation sites excluding steroid dienone is 1. The van der Waals surface area contributed by atoms with E-state index < -0.39 is 12.3 Å². The Balaban J connectivity index is 0.000000183. The summed E-state index contributed by atoms with van der Waals surface area (Å²) in [5.41, 5.74) is 1.89. The fraction of sp³-hybridized carbons (Fsp3) is 0.600. The quantitative estimate of drug-likeness (QED) is 0.269. The minimum atomic E-state index is -4.57. The predicted molar refractivity (Wildman–Crippen MR) is 97.7 cm³/mol. The zero-order valence-corrected chi connectivity index (χ0v) is 17.0. The molecular weight excluding hydrogens is 420 g/mol. The maximum atomic E-state index is 12.4. The number of rotatable bonds is 6. The van der Waals surface area contributed by atoms with E-state index in [1.165, 1.54) is 13.0 Å². The Morgan fingerprint density at radius 3 is 1.89 bits per heavy atom. The SMILES string of the molecule is CCC(Cl)(Cl)OP(=O)(O)O.O=C1C=C(N2CC2)C(=O)C(N2CC2)=C1N1CC1. The molecule has 0 aromatic rings. The van der Waals surface area contributed by atoms with Gasteiger partial charge in [0.2, 0.25) is 16.1 Å². The van der Waals surface area contributed by atoms with Crippen LogP contribution in [0, 0.1) is 0 Å². The van der Waals surface area contributed by atoms with Crippen molar-refractivity contribution in [3.8, 4) is 0 Å². The van der Waals surface area contributed by atoms with Gasteiger partial charge in [-0.3, -0.25) is 9.59 Å². The molecule has 4 rings (SSSR count). The molecule has 0 unspecified atom stereocenters. The average Bonchev–Trinajstić information content (AvgIpc) is 3.39. The number of Topliss-reactive ketones (excluding diaryl/α,β-unsaturated/α-hetero) is 1. The standard InChI is InChI=1S/C12H13N3O2.C3H7Cl2O4P/c16-9-7-8(13-1-2-13)12(17)11(15-5-6-15)10(9)14-3-4-14;1-2-3(4,5)9-10(6,7)8/h7H,1-6H2;2H2,1H3,(H2,6,7,8). The highest BCUT2D eigenvalue weighted by Crippen LogP contribution is 2.46. The predicted octanol–water partition coefficient (Wildman–Crippen LogP) is 0.818. The molecule has 3 aliphatic heterocycles.